The third kappa shape index (κ3) is 4.33. The Morgan fingerprint density at radius 1 is 1.15 bits per heavy atom. The molecule has 0 spiro atoms. The van der Waals surface area contributed by atoms with Gasteiger partial charge in [-0.25, -0.2) is 13.2 Å². The zero-order valence-electron chi connectivity index (χ0n) is 18.4. The average Bonchev–Trinajstić information content (AvgIpc) is 3.42. The van der Waals surface area contributed by atoms with Gasteiger partial charge in [-0.3, -0.25) is 0 Å². The molecule has 0 bridgehead atoms. The van der Waals surface area contributed by atoms with Crippen LogP contribution < -0.4 is 0 Å². The predicted molar refractivity (Wildman–Crippen MR) is 129 cm³/mol. The van der Waals surface area contributed by atoms with Gasteiger partial charge in [-0.15, -0.1) is 0 Å². The van der Waals surface area contributed by atoms with Gasteiger partial charge in [0.15, 0.2) is 9.84 Å². The molecule has 174 valence electrons. The topological polar surface area (TPSA) is 97.5 Å². The molecule has 1 aromatic heterocycles. The number of aromatic nitrogens is 1. The summed E-state index contributed by atoms with van der Waals surface area (Å²) in [6.07, 6.45) is 7.66. The van der Waals surface area contributed by atoms with Crippen LogP contribution in [0.5, 0.6) is 0 Å². The van der Waals surface area contributed by atoms with Crippen LogP contribution in [0.2, 0.25) is 0 Å². The van der Waals surface area contributed by atoms with Crippen LogP contribution in [0.3, 0.4) is 0 Å². The number of carboxylic acid groups (broad SMARTS) is 1. The molecular formula is C26H22ClNO5S. The van der Waals surface area contributed by atoms with Crippen LogP contribution in [0.1, 0.15) is 58.0 Å². The lowest BCUT2D eigenvalue weighted by Gasteiger charge is -2.16. The monoisotopic (exact) mass is 495 g/mol. The first kappa shape index (κ1) is 22.6. The minimum absolute atomic E-state index is 0.0356. The third-order valence-electron chi connectivity index (χ3n) is 6.30. The van der Waals surface area contributed by atoms with Crippen molar-refractivity contribution in [2.24, 2.45) is 0 Å². The molecule has 1 saturated carbocycles. The standard InChI is InChI=1S/C26H22ClNO5S/c1-15-24(13-28-33-15)17-5-8-22(18-4-7-21(27)11-18)20(10-17)14-34(31,32)25-12-19(26(29)30)6-9-23(25)16-2-3-16/h4-10,12-13,16H,2-3,11,14H2,1H3,(H,29,30). The van der Waals surface area contributed by atoms with Gasteiger partial charge in [-0.05, 0) is 77.8 Å². The van der Waals surface area contributed by atoms with Gasteiger partial charge in [-0.2, -0.15) is 0 Å². The molecule has 34 heavy (non-hydrogen) atoms. The normalized spacial score (nSPS) is 15.8. The fourth-order valence-corrected chi connectivity index (χ4v) is 6.31. The Hall–Kier alpha value is -3.16. The molecule has 0 saturated heterocycles. The molecule has 0 radical (unpaired) electrons. The smallest absolute Gasteiger partial charge is 0.335 e. The second-order valence-corrected chi connectivity index (χ2v) is 11.2. The number of allylic oxidation sites excluding steroid dienone is 4. The van der Waals surface area contributed by atoms with E-state index in [1.807, 2.05) is 30.4 Å². The molecule has 3 aromatic rings. The molecule has 8 heteroatoms. The number of benzene rings is 2. The minimum atomic E-state index is -3.85. The van der Waals surface area contributed by atoms with Gasteiger partial charge in [0.2, 0.25) is 0 Å². The van der Waals surface area contributed by atoms with Gasteiger partial charge in [0.05, 0.1) is 22.4 Å². The van der Waals surface area contributed by atoms with Crippen molar-refractivity contribution in [3.63, 3.8) is 0 Å². The largest absolute Gasteiger partial charge is 0.478 e. The Morgan fingerprint density at radius 2 is 1.94 bits per heavy atom. The number of halogens is 1. The average molecular weight is 496 g/mol. The number of hydrogen-bond donors (Lipinski definition) is 1. The molecule has 2 aliphatic carbocycles. The highest BCUT2D eigenvalue weighted by Gasteiger charge is 2.32. The molecule has 2 aliphatic rings. The summed E-state index contributed by atoms with van der Waals surface area (Å²) in [5, 5.41) is 14.0. The van der Waals surface area contributed by atoms with E-state index in [9.17, 15) is 18.3 Å². The number of rotatable bonds is 7. The molecule has 0 atom stereocenters. The first-order chi connectivity index (χ1) is 16.2. The van der Waals surface area contributed by atoms with E-state index >= 15 is 0 Å². The van der Waals surface area contributed by atoms with Crippen molar-refractivity contribution in [3.8, 4) is 11.1 Å². The van der Waals surface area contributed by atoms with Crippen LogP contribution >= 0.6 is 11.6 Å². The van der Waals surface area contributed by atoms with E-state index in [1.165, 1.54) is 12.1 Å². The summed E-state index contributed by atoms with van der Waals surface area (Å²) in [6, 6.07) is 10.1. The fourth-order valence-electron chi connectivity index (χ4n) is 4.40. The number of sulfone groups is 1. The first-order valence-corrected chi connectivity index (χ1v) is 13.0. The van der Waals surface area contributed by atoms with Crippen LogP contribution in [0.15, 0.2) is 69.2 Å². The Balaban J connectivity index is 1.61. The number of nitrogens with zero attached hydrogens (tertiary/aromatic N) is 1. The van der Waals surface area contributed by atoms with Crippen LogP contribution in [-0.2, 0) is 15.6 Å². The van der Waals surface area contributed by atoms with E-state index in [-0.39, 0.29) is 22.1 Å². The van der Waals surface area contributed by atoms with E-state index < -0.39 is 15.8 Å². The third-order valence-corrected chi connectivity index (χ3v) is 8.27. The molecular weight excluding hydrogens is 474 g/mol. The Kier molecular flexibility index (Phi) is 5.70. The summed E-state index contributed by atoms with van der Waals surface area (Å²) in [5.41, 5.74) is 4.60. The summed E-state index contributed by atoms with van der Waals surface area (Å²) in [4.78, 5) is 11.7. The number of carbonyl (C=O) groups is 1. The van der Waals surface area contributed by atoms with Crippen LogP contribution in [0.4, 0.5) is 0 Å². The summed E-state index contributed by atoms with van der Waals surface area (Å²) in [6.45, 7) is 1.80. The van der Waals surface area contributed by atoms with Crippen molar-refractivity contribution in [3.05, 3.63) is 87.8 Å². The second-order valence-electron chi connectivity index (χ2n) is 8.74. The van der Waals surface area contributed by atoms with Crippen molar-refractivity contribution in [1.29, 1.82) is 0 Å². The maximum Gasteiger partial charge on any atom is 0.335 e. The molecule has 1 heterocycles. The molecule has 0 amide bonds. The molecule has 0 aliphatic heterocycles. The van der Waals surface area contributed by atoms with Crippen molar-refractivity contribution >= 4 is 33.0 Å². The van der Waals surface area contributed by atoms with Gasteiger partial charge < -0.3 is 9.63 Å². The van der Waals surface area contributed by atoms with Crippen LogP contribution in [0, 0.1) is 6.92 Å². The quantitative estimate of drug-likeness (QED) is 0.424. The van der Waals surface area contributed by atoms with Crippen LogP contribution in [0.25, 0.3) is 16.7 Å². The highest BCUT2D eigenvalue weighted by Crippen LogP contribution is 2.44. The predicted octanol–water partition coefficient (Wildman–Crippen LogP) is 6.11. The van der Waals surface area contributed by atoms with E-state index in [0.29, 0.717) is 28.3 Å². The van der Waals surface area contributed by atoms with Gasteiger partial charge in [-0.1, -0.05) is 41.0 Å². The lowest BCUT2D eigenvalue weighted by atomic mass is 9.95. The molecule has 6 nitrogen and oxygen atoms in total. The Labute approximate surface area is 202 Å². The second kappa shape index (κ2) is 8.56. The SMILES string of the molecule is Cc1oncc1-c1ccc(C2=CC=C(Cl)C2)c(CS(=O)(=O)c2cc(C(=O)O)ccc2C2CC2)c1. The summed E-state index contributed by atoms with van der Waals surface area (Å²) in [5.74, 6) is -0.630. The summed E-state index contributed by atoms with van der Waals surface area (Å²) < 4.78 is 32.7. The number of aryl methyl sites for hydroxylation is 1. The van der Waals surface area contributed by atoms with Crippen molar-refractivity contribution in [1.82, 2.24) is 5.16 Å². The molecule has 0 unspecified atom stereocenters. The van der Waals surface area contributed by atoms with Crippen molar-refractivity contribution in [2.45, 2.75) is 42.8 Å². The Bertz CT molecular complexity index is 1480. The molecule has 2 aromatic carbocycles. The first-order valence-electron chi connectivity index (χ1n) is 10.9. The van der Waals surface area contributed by atoms with E-state index in [4.69, 9.17) is 16.1 Å². The number of carboxylic acids is 1. The van der Waals surface area contributed by atoms with Gasteiger partial charge in [0.25, 0.3) is 0 Å². The maximum absolute atomic E-state index is 13.7. The molecule has 1 fully saturated rings. The zero-order chi connectivity index (χ0) is 24.0. The van der Waals surface area contributed by atoms with Gasteiger partial charge in [0.1, 0.15) is 5.76 Å². The molecule has 1 N–H and O–H groups in total. The maximum atomic E-state index is 13.7. The molecule has 5 rings (SSSR count). The van der Waals surface area contributed by atoms with E-state index in [0.717, 1.165) is 35.1 Å². The number of aromatic carboxylic acids is 1. The van der Waals surface area contributed by atoms with Crippen molar-refractivity contribution < 1.29 is 22.8 Å². The summed E-state index contributed by atoms with van der Waals surface area (Å²) >= 11 is 6.20. The van der Waals surface area contributed by atoms with E-state index in [1.54, 1.807) is 19.2 Å². The highest BCUT2D eigenvalue weighted by molar-refractivity contribution is 7.90. The fraction of sp³-hybridized carbons (Fsp3) is 0.231. The lowest BCUT2D eigenvalue weighted by molar-refractivity contribution is 0.0696. The van der Waals surface area contributed by atoms with Gasteiger partial charge >= 0.3 is 5.97 Å². The minimum Gasteiger partial charge on any atom is -0.478 e. The summed E-state index contributed by atoms with van der Waals surface area (Å²) in [7, 11) is -3.85. The zero-order valence-corrected chi connectivity index (χ0v) is 20.0. The number of hydrogen-bond acceptors (Lipinski definition) is 5. The lowest BCUT2D eigenvalue weighted by Crippen LogP contribution is -2.11. The van der Waals surface area contributed by atoms with Crippen LogP contribution in [-0.4, -0.2) is 24.7 Å². The highest BCUT2D eigenvalue weighted by atomic mass is 35.5. The Morgan fingerprint density at radius 3 is 2.56 bits per heavy atom. The van der Waals surface area contributed by atoms with E-state index in [2.05, 4.69) is 5.16 Å². The van der Waals surface area contributed by atoms with Crippen molar-refractivity contribution in [2.75, 3.05) is 0 Å². The van der Waals surface area contributed by atoms with Gasteiger partial charge in [0, 0.05) is 17.0 Å².